The summed E-state index contributed by atoms with van der Waals surface area (Å²) in [6.45, 7) is 11.2. The van der Waals surface area contributed by atoms with Gasteiger partial charge in [-0.2, -0.15) is 15.1 Å². The Morgan fingerprint density at radius 1 is 0.812 bits per heavy atom. The molecule has 2 aromatic heterocycles. The number of benzene rings is 6. The van der Waals surface area contributed by atoms with Crippen LogP contribution in [0.3, 0.4) is 0 Å². The Balaban J connectivity index is 1.38. The number of aliphatic hydroxyl groups is 1. The topological polar surface area (TPSA) is 91.5 Å². The fraction of sp³-hybridized carbons (Fsp3) is 0.255. The highest BCUT2D eigenvalue weighted by atomic mass is 19.1. The van der Waals surface area contributed by atoms with E-state index in [2.05, 4.69) is 54.6 Å². The number of aliphatic hydroxyl groups excluding tert-OH is 1. The summed E-state index contributed by atoms with van der Waals surface area (Å²) in [6.07, 6.45) is 8.19. The van der Waals surface area contributed by atoms with Crippen molar-refractivity contribution in [1.29, 1.82) is 0 Å². The van der Waals surface area contributed by atoms with Crippen LogP contribution in [-0.4, -0.2) is 42.7 Å². The lowest BCUT2D eigenvalue weighted by Crippen LogP contribution is -2.38. The fourth-order valence-electron chi connectivity index (χ4n) is 8.53. The second-order valence-corrected chi connectivity index (χ2v) is 17.7. The molecule has 9 rings (SSSR count). The van der Waals surface area contributed by atoms with E-state index in [1.54, 1.807) is 13.8 Å². The van der Waals surface area contributed by atoms with Gasteiger partial charge in [-0.05, 0) is 112 Å². The first-order chi connectivity index (χ1) is 30.8. The summed E-state index contributed by atoms with van der Waals surface area (Å²) < 4.78 is 38.7. The highest BCUT2D eigenvalue weighted by molar-refractivity contribution is 6.05. The summed E-state index contributed by atoms with van der Waals surface area (Å²) in [6, 6.07) is 42.2. The molecule has 0 saturated heterocycles. The molecule has 0 radical (unpaired) electrons. The summed E-state index contributed by atoms with van der Waals surface area (Å²) in [5.74, 6) is 3.18. The minimum absolute atomic E-state index is 0.0146. The molecular formula is C55H51FN4O4. The predicted molar refractivity (Wildman–Crippen MR) is 250 cm³/mol. The van der Waals surface area contributed by atoms with Gasteiger partial charge in [-0.3, -0.25) is 4.68 Å². The average molecular weight is 851 g/mol. The van der Waals surface area contributed by atoms with E-state index in [1.165, 1.54) is 6.07 Å². The number of halogens is 1. The number of fused-ring (bicyclic) bond motifs is 2. The molecule has 8 nitrogen and oxygen atoms in total. The molecular weight excluding hydrogens is 800 g/mol. The summed E-state index contributed by atoms with van der Waals surface area (Å²) >= 11 is 0. The standard InChI is InChI=1S/C55H51FN4O4/c1-8-37-24-26-38(27-25-37)33-62-51-49(43(39-28-29-39)30-44-50(51)57-53(63-36(4)35(3)61)58-52(44)64-54(5,6)7)48-34(2)46(56)31-47-45(48)32-60(59-47)55(40-18-12-9-13-19-40,41-20-14-10-15-21-41)42-22-16-11-17-23-42/h1,9-27,30-32,35-36,39,61H,28-29,33H2,2-7H3/t35-,36-/m0/s1. The number of hydrogen-bond acceptors (Lipinski definition) is 7. The van der Waals surface area contributed by atoms with Crippen LogP contribution < -0.4 is 14.2 Å². The van der Waals surface area contributed by atoms with Crippen LogP contribution in [0.2, 0.25) is 0 Å². The molecule has 0 aliphatic heterocycles. The van der Waals surface area contributed by atoms with Gasteiger partial charge >= 0.3 is 6.01 Å². The van der Waals surface area contributed by atoms with Crippen molar-refractivity contribution in [3.05, 3.63) is 178 Å². The molecule has 0 bridgehead atoms. The minimum atomic E-state index is -0.948. The summed E-state index contributed by atoms with van der Waals surface area (Å²) in [4.78, 5) is 9.83. The maximum absolute atomic E-state index is 16.9. The maximum Gasteiger partial charge on any atom is 0.320 e. The Kier molecular flexibility index (Phi) is 11.2. The molecule has 8 aromatic rings. The van der Waals surface area contributed by atoms with Crippen LogP contribution in [-0.2, 0) is 12.1 Å². The van der Waals surface area contributed by atoms with E-state index in [4.69, 9.17) is 35.7 Å². The molecule has 322 valence electrons. The van der Waals surface area contributed by atoms with Crippen LogP contribution in [0.25, 0.3) is 32.9 Å². The molecule has 64 heavy (non-hydrogen) atoms. The van der Waals surface area contributed by atoms with E-state index in [0.29, 0.717) is 39.2 Å². The molecule has 2 heterocycles. The van der Waals surface area contributed by atoms with Crippen molar-refractivity contribution < 1.29 is 23.7 Å². The van der Waals surface area contributed by atoms with Crippen molar-refractivity contribution >= 4 is 21.8 Å². The zero-order valence-electron chi connectivity index (χ0n) is 37.0. The Bertz CT molecular complexity index is 2910. The van der Waals surface area contributed by atoms with E-state index in [1.807, 2.05) is 111 Å². The predicted octanol–water partition coefficient (Wildman–Crippen LogP) is 11.7. The van der Waals surface area contributed by atoms with Gasteiger partial charge in [0.1, 0.15) is 35.2 Å². The van der Waals surface area contributed by atoms with E-state index < -0.39 is 29.2 Å². The Morgan fingerprint density at radius 2 is 1.41 bits per heavy atom. The van der Waals surface area contributed by atoms with Crippen molar-refractivity contribution in [2.75, 3.05) is 0 Å². The van der Waals surface area contributed by atoms with Gasteiger partial charge in [0.25, 0.3) is 0 Å². The maximum atomic E-state index is 16.9. The second-order valence-electron chi connectivity index (χ2n) is 17.7. The van der Waals surface area contributed by atoms with E-state index in [9.17, 15) is 5.11 Å². The van der Waals surface area contributed by atoms with E-state index >= 15 is 4.39 Å². The summed E-state index contributed by atoms with van der Waals surface area (Å²) in [5.41, 5.74) is 6.72. The first-order valence-corrected chi connectivity index (χ1v) is 21.8. The fourth-order valence-corrected chi connectivity index (χ4v) is 8.53. The molecule has 0 spiro atoms. The lowest BCUT2D eigenvalue weighted by atomic mass is 9.77. The first kappa shape index (κ1) is 42.3. The van der Waals surface area contributed by atoms with Crippen molar-refractivity contribution in [3.8, 4) is 41.1 Å². The first-order valence-electron chi connectivity index (χ1n) is 21.8. The van der Waals surface area contributed by atoms with Crippen LogP contribution in [0, 0.1) is 25.1 Å². The highest BCUT2D eigenvalue weighted by Crippen LogP contribution is 2.54. The van der Waals surface area contributed by atoms with Gasteiger partial charge in [-0.25, -0.2) is 4.39 Å². The molecule has 9 heteroatoms. The molecule has 0 unspecified atom stereocenters. The van der Waals surface area contributed by atoms with Gasteiger partial charge in [-0.15, -0.1) is 6.42 Å². The number of nitrogens with zero attached hydrogens (tertiary/aromatic N) is 4. The average Bonchev–Trinajstić information content (AvgIpc) is 4.06. The van der Waals surface area contributed by atoms with Crippen molar-refractivity contribution in [2.24, 2.45) is 0 Å². The van der Waals surface area contributed by atoms with Gasteiger partial charge in [0.05, 0.1) is 17.0 Å². The normalized spacial score (nSPS) is 14.0. The molecule has 1 fully saturated rings. The van der Waals surface area contributed by atoms with E-state index in [-0.39, 0.29) is 18.5 Å². The van der Waals surface area contributed by atoms with Gasteiger partial charge in [-0.1, -0.05) is 109 Å². The monoisotopic (exact) mass is 850 g/mol. The third-order valence-corrected chi connectivity index (χ3v) is 12.0. The van der Waals surface area contributed by atoms with E-state index in [0.717, 1.165) is 57.2 Å². The van der Waals surface area contributed by atoms with Crippen LogP contribution >= 0.6 is 0 Å². The molecule has 2 atom stereocenters. The van der Waals surface area contributed by atoms with Crippen molar-refractivity contribution in [3.63, 3.8) is 0 Å². The molecule has 1 saturated carbocycles. The Hall–Kier alpha value is -7.02. The molecule has 0 amide bonds. The zero-order chi connectivity index (χ0) is 44.8. The van der Waals surface area contributed by atoms with Gasteiger partial charge < -0.3 is 19.3 Å². The Morgan fingerprint density at radius 3 is 1.94 bits per heavy atom. The molecule has 1 aliphatic carbocycles. The Labute approximate surface area is 373 Å². The molecule has 6 aromatic carbocycles. The quantitative estimate of drug-likeness (QED) is 0.0912. The summed E-state index contributed by atoms with van der Waals surface area (Å²) in [7, 11) is 0. The number of ether oxygens (including phenoxy) is 3. The number of terminal acetylenes is 1. The number of aromatic nitrogens is 4. The highest BCUT2D eigenvalue weighted by Gasteiger charge is 2.41. The number of hydrogen-bond donors (Lipinski definition) is 1. The lowest BCUT2D eigenvalue weighted by Gasteiger charge is -2.36. The minimum Gasteiger partial charge on any atom is -0.486 e. The smallest absolute Gasteiger partial charge is 0.320 e. The van der Waals surface area contributed by atoms with Crippen LogP contribution in [0.5, 0.6) is 17.6 Å². The summed E-state index contributed by atoms with van der Waals surface area (Å²) in [5, 5.41) is 17.2. The van der Waals surface area contributed by atoms with Gasteiger partial charge in [0, 0.05) is 34.3 Å². The lowest BCUT2D eigenvalue weighted by molar-refractivity contribution is 0.0527. The van der Waals surface area contributed by atoms with Gasteiger partial charge in [0.2, 0.25) is 5.88 Å². The molecule has 1 aliphatic rings. The SMILES string of the molecule is C#Cc1ccc(COc2c(-c3c(C)c(F)cc4nn(C(c5ccccc5)(c5ccccc5)c5ccccc5)cc34)c(C3CC3)cc3c(OC(C)(C)C)nc(O[C@@H](C)[C@H](C)O)nc23)cc1. The largest absolute Gasteiger partial charge is 0.486 e. The van der Waals surface area contributed by atoms with Crippen LogP contribution in [0.4, 0.5) is 4.39 Å². The van der Waals surface area contributed by atoms with Gasteiger partial charge in [0.15, 0.2) is 5.75 Å². The third kappa shape index (κ3) is 7.95. The van der Waals surface area contributed by atoms with Crippen LogP contribution in [0.15, 0.2) is 134 Å². The third-order valence-electron chi connectivity index (χ3n) is 12.0. The zero-order valence-corrected chi connectivity index (χ0v) is 37.0. The second kappa shape index (κ2) is 16.9. The van der Waals surface area contributed by atoms with Crippen LogP contribution in [0.1, 0.15) is 92.3 Å². The number of rotatable bonds is 13. The van der Waals surface area contributed by atoms with Crippen molar-refractivity contribution in [1.82, 2.24) is 19.7 Å². The molecule has 1 N–H and O–H groups in total. The van der Waals surface area contributed by atoms with Crippen molar-refractivity contribution in [2.45, 2.75) is 90.3 Å².